The molecule has 1 aliphatic heterocycles. The zero-order valence-corrected chi connectivity index (χ0v) is 21.2. The number of methoxy groups -OCH3 is 1. The van der Waals surface area contributed by atoms with Crippen molar-refractivity contribution in [3.8, 4) is 5.75 Å². The van der Waals surface area contributed by atoms with E-state index in [4.69, 9.17) is 16.3 Å². The Bertz CT molecular complexity index is 1290. The molecule has 1 aliphatic rings. The number of ether oxygens (including phenoxy) is 1. The average molecular weight is 517 g/mol. The molecule has 36 heavy (non-hydrogen) atoms. The fourth-order valence-electron chi connectivity index (χ4n) is 4.03. The normalized spacial score (nSPS) is 13.3. The maximum atomic E-state index is 12.8. The van der Waals surface area contributed by atoms with E-state index >= 15 is 0 Å². The number of nitrogens with one attached hydrogen (secondary N) is 2. The van der Waals surface area contributed by atoms with Gasteiger partial charge >= 0.3 is 6.43 Å². The molecule has 3 aromatic rings. The standard InChI is InChI=1S/C25H27ClF2N6O2/c1-14-9-17(34(3)24(35)22(27)28)5-6-19(14)30-23-18(26)12-29-25(32-23)31-20-10-16-13-33(2)8-7-15(16)11-21(20)36-4/h5-6,9-12,22H,7-8,13H2,1-4H3,(H2,29,30,31,32). The Labute approximate surface area is 213 Å². The summed E-state index contributed by atoms with van der Waals surface area (Å²) in [6.45, 7) is 3.63. The highest BCUT2D eigenvalue weighted by Gasteiger charge is 2.22. The lowest BCUT2D eigenvalue weighted by Crippen LogP contribution is -2.31. The summed E-state index contributed by atoms with van der Waals surface area (Å²) in [5.74, 6) is 0.105. The predicted octanol–water partition coefficient (Wildman–Crippen LogP) is 5.15. The monoisotopic (exact) mass is 516 g/mol. The molecule has 4 rings (SSSR count). The van der Waals surface area contributed by atoms with Crippen LogP contribution in [0.5, 0.6) is 5.75 Å². The summed E-state index contributed by atoms with van der Waals surface area (Å²) < 4.78 is 31.1. The van der Waals surface area contributed by atoms with Crippen LogP contribution < -0.4 is 20.3 Å². The third-order valence-electron chi connectivity index (χ3n) is 6.08. The van der Waals surface area contributed by atoms with Gasteiger partial charge in [-0.15, -0.1) is 0 Å². The summed E-state index contributed by atoms with van der Waals surface area (Å²) in [7, 11) is 5.02. The van der Waals surface area contributed by atoms with E-state index in [-0.39, 0.29) is 0 Å². The third-order valence-corrected chi connectivity index (χ3v) is 6.36. The molecule has 1 amide bonds. The average Bonchev–Trinajstić information content (AvgIpc) is 2.85. The third kappa shape index (κ3) is 5.50. The number of rotatable bonds is 7. The van der Waals surface area contributed by atoms with Gasteiger partial charge in [-0.05, 0) is 67.4 Å². The molecule has 0 aliphatic carbocycles. The lowest BCUT2D eigenvalue weighted by molar-refractivity contribution is -0.128. The second-order valence-corrected chi connectivity index (χ2v) is 9.05. The summed E-state index contributed by atoms with van der Waals surface area (Å²) in [6, 6.07) is 8.97. The number of fused-ring (bicyclic) bond motifs is 1. The smallest absolute Gasteiger partial charge is 0.316 e. The molecule has 0 radical (unpaired) electrons. The summed E-state index contributed by atoms with van der Waals surface area (Å²) >= 11 is 6.35. The Morgan fingerprint density at radius 3 is 2.67 bits per heavy atom. The molecular formula is C25H27ClF2N6O2. The first-order valence-electron chi connectivity index (χ1n) is 11.3. The predicted molar refractivity (Wildman–Crippen MR) is 137 cm³/mol. The van der Waals surface area contributed by atoms with E-state index in [9.17, 15) is 13.6 Å². The number of anilines is 5. The number of alkyl halides is 2. The van der Waals surface area contributed by atoms with Crippen molar-refractivity contribution in [3.63, 3.8) is 0 Å². The van der Waals surface area contributed by atoms with Crippen molar-refractivity contribution in [1.82, 2.24) is 14.9 Å². The second kappa shape index (κ2) is 10.6. The molecule has 2 heterocycles. The van der Waals surface area contributed by atoms with Gasteiger partial charge in [0.2, 0.25) is 5.95 Å². The van der Waals surface area contributed by atoms with E-state index in [0.29, 0.717) is 39.5 Å². The van der Waals surface area contributed by atoms with Crippen LogP contribution in [0.2, 0.25) is 5.02 Å². The molecule has 8 nitrogen and oxygen atoms in total. The number of carbonyl (C=O) groups excluding carboxylic acids is 1. The molecule has 190 valence electrons. The maximum Gasteiger partial charge on any atom is 0.316 e. The van der Waals surface area contributed by atoms with Gasteiger partial charge in [0, 0.05) is 31.5 Å². The quantitative estimate of drug-likeness (QED) is 0.449. The molecule has 0 spiro atoms. The Kier molecular flexibility index (Phi) is 7.56. The van der Waals surface area contributed by atoms with Gasteiger partial charge in [-0.1, -0.05) is 11.6 Å². The molecule has 0 saturated heterocycles. The number of likely N-dealkylation sites (N-methyl/N-ethyl adjacent to an activating group) is 1. The van der Waals surface area contributed by atoms with Crippen LogP contribution in [-0.4, -0.2) is 55.0 Å². The van der Waals surface area contributed by atoms with Crippen molar-refractivity contribution in [2.24, 2.45) is 0 Å². The van der Waals surface area contributed by atoms with Crippen molar-refractivity contribution in [2.75, 3.05) is 43.3 Å². The molecule has 0 unspecified atom stereocenters. The zero-order valence-electron chi connectivity index (χ0n) is 20.4. The van der Waals surface area contributed by atoms with Gasteiger partial charge in [0.15, 0.2) is 5.82 Å². The molecule has 2 N–H and O–H groups in total. The van der Waals surface area contributed by atoms with Crippen molar-refractivity contribution in [2.45, 2.75) is 26.3 Å². The molecule has 1 aromatic heterocycles. The number of aromatic nitrogens is 2. The molecule has 0 bridgehead atoms. The van der Waals surface area contributed by atoms with Crippen molar-refractivity contribution < 1.29 is 18.3 Å². The van der Waals surface area contributed by atoms with Crippen LogP contribution in [0.15, 0.2) is 36.5 Å². The highest BCUT2D eigenvalue weighted by Crippen LogP contribution is 2.34. The van der Waals surface area contributed by atoms with Crippen LogP contribution in [0.1, 0.15) is 16.7 Å². The highest BCUT2D eigenvalue weighted by molar-refractivity contribution is 6.32. The van der Waals surface area contributed by atoms with Crippen LogP contribution in [0.25, 0.3) is 0 Å². The van der Waals surface area contributed by atoms with E-state index in [2.05, 4.69) is 38.6 Å². The maximum absolute atomic E-state index is 12.8. The van der Waals surface area contributed by atoms with Crippen molar-refractivity contribution >= 4 is 46.3 Å². The Balaban J connectivity index is 1.57. The molecule has 0 fully saturated rings. The molecule has 0 atom stereocenters. The number of aryl methyl sites for hydroxylation is 1. The summed E-state index contributed by atoms with van der Waals surface area (Å²) in [4.78, 5) is 23.6. The minimum absolute atomic E-state index is 0.299. The summed E-state index contributed by atoms with van der Waals surface area (Å²) in [6.07, 6.45) is -0.636. The minimum atomic E-state index is -3.08. The fraction of sp³-hybridized carbons (Fsp3) is 0.320. The van der Waals surface area contributed by atoms with Crippen LogP contribution in [0, 0.1) is 6.92 Å². The second-order valence-electron chi connectivity index (χ2n) is 8.65. The molecular weight excluding hydrogens is 490 g/mol. The zero-order chi connectivity index (χ0) is 26.0. The van der Waals surface area contributed by atoms with Crippen LogP contribution in [0.3, 0.4) is 0 Å². The Hall–Kier alpha value is -3.50. The van der Waals surface area contributed by atoms with Crippen LogP contribution in [0.4, 0.5) is 37.6 Å². The number of amides is 1. The van der Waals surface area contributed by atoms with Crippen molar-refractivity contribution in [3.05, 3.63) is 58.2 Å². The number of benzene rings is 2. The number of hydrogen-bond acceptors (Lipinski definition) is 7. The summed E-state index contributed by atoms with van der Waals surface area (Å²) in [5, 5.41) is 6.68. The fourth-order valence-corrected chi connectivity index (χ4v) is 4.17. The largest absolute Gasteiger partial charge is 0.495 e. The number of hydrogen-bond donors (Lipinski definition) is 2. The Morgan fingerprint density at radius 2 is 1.97 bits per heavy atom. The van der Waals surface area contributed by atoms with Crippen LogP contribution in [-0.2, 0) is 17.8 Å². The molecule has 11 heteroatoms. The summed E-state index contributed by atoms with van der Waals surface area (Å²) in [5.41, 5.74) is 4.93. The van der Waals surface area contributed by atoms with Crippen LogP contribution >= 0.6 is 11.6 Å². The van der Waals surface area contributed by atoms with Gasteiger partial charge in [-0.3, -0.25) is 4.79 Å². The first-order chi connectivity index (χ1) is 17.2. The van der Waals surface area contributed by atoms with E-state index in [1.54, 1.807) is 32.2 Å². The van der Waals surface area contributed by atoms with E-state index in [0.717, 1.165) is 30.1 Å². The first kappa shape index (κ1) is 25.6. The van der Waals surface area contributed by atoms with Gasteiger partial charge in [-0.2, -0.15) is 13.8 Å². The highest BCUT2D eigenvalue weighted by atomic mass is 35.5. The SMILES string of the molecule is COc1cc2c(cc1Nc1ncc(Cl)c(Nc3ccc(N(C)C(=O)C(F)F)cc3C)n1)CN(C)CC2. The number of halogens is 3. The van der Waals surface area contributed by atoms with Crippen molar-refractivity contribution in [1.29, 1.82) is 0 Å². The Morgan fingerprint density at radius 1 is 1.19 bits per heavy atom. The topological polar surface area (TPSA) is 82.6 Å². The van der Waals surface area contributed by atoms with Gasteiger partial charge < -0.3 is 25.2 Å². The number of carbonyl (C=O) groups is 1. The van der Waals surface area contributed by atoms with E-state index < -0.39 is 12.3 Å². The molecule has 2 aromatic carbocycles. The first-order valence-corrected chi connectivity index (χ1v) is 11.7. The number of nitrogens with zero attached hydrogens (tertiary/aromatic N) is 4. The van der Waals surface area contributed by atoms with Gasteiger partial charge in [0.1, 0.15) is 10.8 Å². The molecule has 0 saturated carbocycles. The van der Waals surface area contributed by atoms with E-state index in [1.807, 2.05) is 6.07 Å². The van der Waals surface area contributed by atoms with Gasteiger partial charge in [-0.25, -0.2) is 4.98 Å². The lowest BCUT2D eigenvalue weighted by Gasteiger charge is -2.26. The van der Waals surface area contributed by atoms with Gasteiger partial charge in [0.05, 0.1) is 19.0 Å². The lowest BCUT2D eigenvalue weighted by atomic mass is 9.99. The van der Waals surface area contributed by atoms with Gasteiger partial charge in [0.25, 0.3) is 5.91 Å². The minimum Gasteiger partial charge on any atom is -0.495 e. The van der Waals surface area contributed by atoms with E-state index in [1.165, 1.54) is 24.4 Å².